The second-order valence-corrected chi connectivity index (χ2v) is 5.95. The fourth-order valence-electron chi connectivity index (χ4n) is 2.31. The molecular weight excluding hydrogens is 310 g/mol. The third kappa shape index (κ3) is 3.73. The molecule has 0 aliphatic rings. The summed E-state index contributed by atoms with van der Waals surface area (Å²) in [6.45, 7) is 1.74. The number of hydrogen-bond donors (Lipinski definition) is 2. The Balaban J connectivity index is 1.80. The molecule has 0 unspecified atom stereocenters. The standard InChI is InChI=1S/C17H15N3O2S/c1-11-16(23-20-19-11)17(22)18-14-8-13(9-15(21)10-14)7-12-5-3-2-4-6-12/h2-6,8-10,21H,7H2,1H3,(H,18,22). The first-order valence-corrected chi connectivity index (χ1v) is 7.86. The summed E-state index contributed by atoms with van der Waals surface area (Å²) in [4.78, 5) is 12.7. The van der Waals surface area contributed by atoms with Crippen molar-refractivity contribution in [1.29, 1.82) is 0 Å². The lowest BCUT2D eigenvalue weighted by atomic mass is 10.0. The summed E-state index contributed by atoms with van der Waals surface area (Å²) in [6.07, 6.45) is 0.680. The highest BCUT2D eigenvalue weighted by atomic mass is 32.1. The van der Waals surface area contributed by atoms with Gasteiger partial charge in [0.25, 0.3) is 5.91 Å². The normalized spacial score (nSPS) is 10.5. The second-order valence-electron chi connectivity index (χ2n) is 5.19. The fraction of sp³-hybridized carbons (Fsp3) is 0.118. The molecule has 6 heteroatoms. The van der Waals surface area contributed by atoms with Crippen molar-refractivity contribution < 1.29 is 9.90 Å². The summed E-state index contributed by atoms with van der Waals surface area (Å²) >= 11 is 1.05. The first-order valence-electron chi connectivity index (χ1n) is 7.09. The predicted octanol–water partition coefficient (Wildman–Crippen LogP) is 3.40. The van der Waals surface area contributed by atoms with Gasteiger partial charge >= 0.3 is 0 Å². The lowest BCUT2D eigenvalue weighted by Gasteiger charge is -2.08. The van der Waals surface area contributed by atoms with Gasteiger partial charge in [-0.3, -0.25) is 4.79 Å². The van der Waals surface area contributed by atoms with Gasteiger partial charge in [0.1, 0.15) is 10.6 Å². The average Bonchev–Trinajstić information content (AvgIpc) is 2.94. The maximum atomic E-state index is 12.2. The zero-order chi connectivity index (χ0) is 16.2. The summed E-state index contributed by atoms with van der Waals surface area (Å²) in [7, 11) is 0. The number of nitrogens with zero attached hydrogens (tertiary/aromatic N) is 2. The molecule has 1 amide bonds. The van der Waals surface area contributed by atoms with Gasteiger partial charge in [-0.25, -0.2) is 0 Å². The third-order valence-corrected chi connectivity index (χ3v) is 4.17. The first-order chi connectivity index (χ1) is 11.1. The molecule has 2 aromatic carbocycles. The van der Waals surface area contributed by atoms with Gasteiger partial charge in [-0.1, -0.05) is 34.8 Å². The molecule has 3 rings (SSSR count). The van der Waals surface area contributed by atoms with Crippen molar-refractivity contribution in [3.8, 4) is 5.75 Å². The van der Waals surface area contributed by atoms with Crippen LogP contribution in [0.25, 0.3) is 0 Å². The molecule has 0 radical (unpaired) electrons. The Morgan fingerprint density at radius 2 is 1.96 bits per heavy atom. The largest absolute Gasteiger partial charge is 0.508 e. The van der Waals surface area contributed by atoms with Crippen LogP contribution in [0.1, 0.15) is 26.5 Å². The molecule has 116 valence electrons. The fourth-order valence-corrected chi connectivity index (χ4v) is 2.86. The van der Waals surface area contributed by atoms with E-state index in [-0.39, 0.29) is 11.7 Å². The molecule has 0 aliphatic carbocycles. The average molecular weight is 325 g/mol. The van der Waals surface area contributed by atoms with Crippen molar-refractivity contribution in [1.82, 2.24) is 9.59 Å². The molecule has 1 aromatic heterocycles. The number of amides is 1. The van der Waals surface area contributed by atoms with Gasteiger partial charge in [0, 0.05) is 11.8 Å². The highest BCUT2D eigenvalue weighted by Gasteiger charge is 2.14. The molecular formula is C17H15N3O2S. The van der Waals surface area contributed by atoms with E-state index in [1.165, 1.54) is 6.07 Å². The third-order valence-electron chi connectivity index (χ3n) is 3.34. The summed E-state index contributed by atoms with van der Waals surface area (Å²) in [6, 6.07) is 15.0. The SMILES string of the molecule is Cc1nnsc1C(=O)Nc1cc(O)cc(Cc2ccccc2)c1. The number of carbonyl (C=O) groups is 1. The van der Waals surface area contributed by atoms with Gasteiger partial charge in [-0.05, 0) is 48.1 Å². The summed E-state index contributed by atoms with van der Waals surface area (Å²) in [5, 5.41) is 16.5. The van der Waals surface area contributed by atoms with E-state index < -0.39 is 0 Å². The number of nitrogens with one attached hydrogen (secondary N) is 1. The van der Waals surface area contributed by atoms with E-state index >= 15 is 0 Å². The molecule has 0 saturated carbocycles. The summed E-state index contributed by atoms with van der Waals surface area (Å²) in [5.74, 6) is -0.151. The molecule has 1 heterocycles. The van der Waals surface area contributed by atoms with Gasteiger partial charge in [-0.15, -0.1) is 5.10 Å². The molecule has 5 nitrogen and oxygen atoms in total. The van der Waals surface area contributed by atoms with Crippen LogP contribution in [-0.4, -0.2) is 20.6 Å². The highest BCUT2D eigenvalue weighted by molar-refractivity contribution is 7.08. The number of aryl methyl sites for hydroxylation is 1. The Morgan fingerprint density at radius 1 is 1.17 bits per heavy atom. The number of carbonyl (C=O) groups excluding carboxylic acids is 1. The predicted molar refractivity (Wildman–Crippen MR) is 90.0 cm³/mol. The highest BCUT2D eigenvalue weighted by Crippen LogP contribution is 2.23. The van der Waals surface area contributed by atoms with Crippen LogP contribution in [0.15, 0.2) is 48.5 Å². The Hall–Kier alpha value is -2.73. The molecule has 0 aliphatic heterocycles. The Morgan fingerprint density at radius 3 is 2.65 bits per heavy atom. The van der Waals surface area contributed by atoms with Crippen molar-refractivity contribution in [2.45, 2.75) is 13.3 Å². The van der Waals surface area contributed by atoms with Gasteiger partial charge in [-0.2, -0.15) is 0 Å². The van der Waals surface area contributed by atoms with Crippen LogP contribution in [0.4, 0.5) is 5.69 Å². The minimum Gasteiger partial charge on any atom is -0.508 e. The van der Waals surface area contributed by atoms with Crippen LogP contribution in [0.5, 0.6) is 5.75 Å². The molecule has 0 saturated heterocycles. The van der Waals surface area contributed by atoms with E-state index in [4.69, 9.17) is 0 Å². The minimum absolute atomic E-state index is 0.118. The maximum absolute atomic E-state index is 12.2. The maximum Gasteiger partial charge on any atom is 0.269 e. The van der Waals surface area contributed by atoms with Gasteiger partial charge in [0.05, 0.1) is 5.69 Å². The molecule has 0 bridgehead atoms. The van der Waals surface area contributed by atoms with Crippen LogP contribution in [-0.2, 0) is 6.42 Å². The van der Waals surface area contributed by atoms with Crippen molar-refractivity contribution in [3.63, 3.8) is 0 Å². The molecule has 2 N–H and O–H groups in total. The number of aromatic hydroxyl groups is 1. The smallest absolute Gasteiger partial charge is 0.269 e. The van der Waals surface area contributed by atoms with Crippen LogP contribution < -0.4 is 5.32 Å². The van der Waals surface area contributed by atoms with Crippen molar-refractivity contribution in [2.75, 3.05) is 5.32 Å². The summed E-state index contributed by atoms with van der Waals surface area (Å²) in [5.41, 5.74) is 3.20. The molecule has 3 aromatic rings. The van der Waals surface area contributed by atoms with Crippen molar-refractivity contribution >= 4 is 23.1 Å². The van der Waals surface area contributed by atoms with Gasteiger partial charge < -0.3 is 10.4 Å². The molecule has 23 heavy (non-hydrogen) atoms. The van der Waals surface area contributed by atoms with E-state index in [1.54, 1.807) is 13.0 Å². The number of rotatable bonds is 4. The zero-order valence-electron chi connectivity index (χ0n) is 12.5. The molecule has 0 spiro atoms. The van der Waals surface area contributed by atoms with E-state index in [9.17, 15) is 9.90 Å². The number of phenols is 1. The lowest BCUT2D eigenvalue weighted by Crippen LogP contribution is -2.11. The first kappa shape index (κ1) is 15.2. The molecule has 0 atom stereocenters. The van der Waals surface area contributed by atoms with E-state index in [0.717, 1.165) is 22.7 Å². The van der Waals surface area contributed by atoms with E-state index in [1.807, 2.05) is 36.4 Å². The monoisotopic (exact) mass is 325 g/mol. The van der Waals surface area contributed by atoms with E-state index in [2.05, 4.69) is 14.9 Å². The summed E-state index contributed by atoms with van der Waals surface area (Å²) < 4.78 is 3.76. The molecule has 0 fully saturated rings. The Kier molecular flexibility index (Phi) is 4.34. The quantitative estimate of drug-likeness (QED) is 0.771. The number of hydrogen-bond acceptors (Lipinski definition) is 5. The van der Waals surface area contributed by atoms with Gasteiger partial charge in [0.2, 0.25) is 0 Å². The Bertz CT molecular complexity index is 831. The number of benzene rings is 2. The van der Waals surface area contributed by atoms with E-state index in [0.29, 0.717) is 22.7 Å². The van der Waals surface area contributed by atoms with Crippen LogP contribution >= 0.6 is 11.5 Å². The lowest BCUT2D eigenvalue weighted by molar-refractivity contribution is 0.103. The minimum atomic E-state index is -0.270. The van der Waals surface area contributed by atoms with Crippen LogP contribution in [0.2, 0.25) is 0 Å². The number of phenolic OH excluding ortho intramolecular Hbond substituents is 1. The number of anilines is 1. The number of aromatic nitrogens is 2. The van der Waals surface area contributed by atoms with Crippen molar-refractivity contribution in [2.24, 2.45) is 0 Å². The van der Waals surface area contributed by atoms with Crippen LogP contribution in [0.3, 0.4) is 0 Å². The van der Waals surface area contributed by atoms with Crippen molar-refractivity contribution in [3.05, 3.63) is 70.2 Å². The van der Waals surface area contributed by atoms with Crippen LogP contribution in [0, 0.1) is 6.92 Å². The zero-order valence-corrected chi connectivity index (χ0v) is 13.3. The topological polar surface area (TPSA) is 75.1 Å². The Labute approximate surface area is 137 Å². The second kappa shape index (κ2) is 6.58. The van der Waals surface area contributed by atoms with Gasteiger partial charge in [0.15, 0.2) is 0 Å².